The largest absolute Gasteiger partial charge is 0.275 e. The zero-order valence-electron chi connectivity index (χ0n) is 9.26. The van der Waals surface area contributed by atoms with Crippen LogP contribution in [0.1, 0.15) is 0 Å². The van der Waals surface area contributed by atoms with Crippen molar-refractivity contribution < 1.29 is 4.39 Å². The summed E-state index contributed by atoms with van der Waals surface area (Å²) in [6.07, 6.45) is 5.44. The van der Waals surface area contributed by atoms with E-state index in [4.69, 9.17) is 0 Å². The highest BCUT2D eigenvalue weighted by Crippen LogP contribution is 2.22. The molecule has 1 aromatic carbocycles. The van der Waals surface area contributed by atoms with Gasteiger partial charge in [-0.05, 0) is 18.2 Å². The van der Waals surface area contributed by atoms with E-state index in [2.05, 4.69) is 10.1 Å². The summed E-state index contributed by atoms with van der Waals surface area (Å²) in [5.41, 5.74) is 2.65. The zero-order valence-corrected chi connectivity index (χ0v) is 9.26. The van der Waals surface area contributed by atoms with E-state index in [-0.39, 0.29) is 5.82 Å². The van der Waals surface area contributed by atoms with Gasteiger partial charge in [0.25, 0.3) is 0 Å². The predicted octanol–water partition coefficient (Wildman–Crippen LogP) is 2.77. The smallest absolute Gasteiger partial charge is 0.125 e. The Morgan fingerprint density at radius 3 is 2.76 bits per heavy atom. The maximum atomic E-state index is 13.0. The van der Waals surface area contributed by atoms with Gasteiger partial charge in [0.1, 0.15) is 5.82 Å². The summed E-state index contributed by atoms with van der Waals surface area (Å²) >= 11 is 0. The van der Waals surface area contributed by atoms with E-state index in [1.807, 2.05) is 19.3 Å². The van der Waals surface area contributed by atoms with Gasteiger partial charge in [-0.15, -0.1) is 0 Å². The predicted molar refractivity (Wildman–Crippen MR) is 63.9 cm³/mol. The molecule has 17 heavy (non-hydrogen) atoms. The molecule has 0 spiro atoms. The lowest BCUT2D eigenvalue weighted by atomic mass is 10.1. The van der Waals surface area contributed by atoms with Crippen LogP contribution in [-0.4, -0.2) is 14.8 Å². The van der Waals surface area contributed by atoms with Gasteiger partial charge >= 0.3 is 0 Å². The molecule has 0 N–H and O–H groups in total. The summed E-state index contributed by atoms with van der Waals surface area (Å²) in [6.45, 7) is 0. The minimum atomic E-state index is -0.265. The molecule has 2 heterocycles. The van der Waals surface area contributed by atoms with Gasteiger partial charge in [0.05, 0.1) is 11.7 Å². The molecule has 84 valence electrons. The fraction of sp³-hybridized carbons (Fsp3) is 0.0769. The quantitative estimate of drug-likeness (QED) is 0.640. The minimum Gasteiger partial charge on any atom is -0.275 e. The van der Waals surface area contributed by atoms with Crippen LogP contribution in [0.4, 0.5) is 4.39 Å². The van der Waals surface area contributed by atoms with Crippen molar-refractivity contribution in [3.05, 3.63) is 48.7 Å². The Bertz CT molecular complexity index is 688. The lowest BCUT2D eigenvalue weighted by Crippen LogP contribution is -1.85. The topological polar surface area (TPSA) is 30.7 Å². The third-order valence-corrected chi connectivity index (χ3v) is 2.68. The van der Waals surface area contributed by atoms with E-state index < -0.39 is 0 Å². The van der Waals surface area contributed by atoms with Crippen LogP contribution in [-0.2, 0) is 7.05 Å². The van der Waals surface area contributed by atoms with Gasteiger partial charge in [-0.1, -0.05) is 0 Å². The molecule has 4 heteroatoms. The van der Waals surface area contributed by atoms with Crippen LogP contribution in [0.2, 0.25) is 0 Å². The number of hydrogen-bond donors (Lipinski definition) is 0. The van der Waals surface area contributed by atoms with Crippen LogP contribution in [0, 0.1) is 5.82 Å². The summed E-state index contributed by atoms with van der Waals surface area (Å²) in [5.74, 6) is -0.265. The first-order chi connectivity index (χ1) is 8.22. The lowest BCUT2D eigenvalue weighted by Gasteiger charge is -2.00. The summed E-state index contributed by atoms with van der Waals surface area (Å²) in [7, 11) is 1.87. The Morgan fingerprint density at radius 1 is 1.12 bits per heavy atom. The first-order valence-electron chi connectivity index (χ1n) is 5.27. The number of pyridine rings is 1. The third-order valence-electron chi connectivity index (χ3n) is 2.68. The van der Waals surface area contributed by atoms with Crippen molar-refractivity contribution in [2.24, 2.45) is 7.05 Å². The van der Waals surface area contributed by atoms with Crippen LogP contribution < -0.4 is 0 Å². The van der Waals surface area contributed by atoms with E-state index in [1.54, 1.807) is 23.1 Å². The van der Waals surface area contributed by atoms with Gasteiger partial charge in [0, 0.05) is 42.0 Å². The van der Waals surface area contributed by atoms with E-state index in [9.17, 15) is 4.39 Å². The van der Waals surface area contributed by atoms with Gasteiger partial charge in [0.15, 0.2) is 0 Å². The highest BCUT2D eigenvalue weighted by atomic mass is 19.1. The average molecular weight is 227 g/mol. The summed E-state index contributed by atoms with van der Waals surface area (Å²) in [6, 6.07) is 6.59. The number of rotatable bonds is 1. The Kier molecular flexibility index (Phi) is 2.14. The molecular weight excluding hydrogens is 217 g/mol. The molecule has 3 rings (SSSR count). The van der Waals surface area contributed by atoms with E-state index >= 15 is 0 Å². The highest BCUT2D eigenvalue weighted by Gasteiger charge is 2.03. The zero-order chi connectivity index (χ0) is 11.8. The normalized spacial score (nSPS) is 10.9. The van der Waals surface area contributed by atoms with Gasteiger partial charge in [-0.25, -0.2) is 4.39 Å². The molecule has 0 fully saturated rings. The van der Waals surface area contributed by atoms with E-state index in [0.717, 1.165) is 16.5 Å². The molecular formula is C13H10FN3. The van der Waals surface area contributed by atoms with Gasteiger partial charge in [-0.3, -0.25) is 9.67 Å². The van der Waals surface area contributed by atoms with Crippen molar-refractivity contribution in [1.29, 1.82) is 0 Å². The summed E-state index contributed by atoms with van der Waals surface area (Å²) in [4.78, 5) is 4.25. The number of halogens is 1. The maximum absolute atomic E-state index is 13.0. The number of nitrogens with zero attached hydrogens (tertiary/aromatic N) is 3. The summed E-state index contributed by atoms with van der Waals surface area (Å²) < 4.78 is 14.8. The molecule has 0 saturated heterocycles. The Labute approximate surface area is 97.5 Å². The fourth-order valence-corrected chi connectivity index (χ4v) is 1.82. The molecule has 0 bridgehead atoms. The van der Waals surface area contributed by atoms with Gasteiger partial charge in [-0.2, -0.15) is 5.10 Å². The Balaban J connectivity index is 2.16. The molecule has 0 aliphatic rings. The van der Waals surface area contributed by atoms with Crippen molar-refractivity contribution in [2.45, 2.75) is 0 Å². The highest BCUT2D eigenvalue weighted by molar-refractivity contribution is 5.83. The molecule has 3 nitrogen and oxygen atoms in total. The van der Waals surface area contributed by atoms with E-state index in [1.165, 1.54) is 12.1 Å². The number of aromatic nitrogens is 3. The molecule has 0 aliphatic heterocycles. The van der Waals surface area contributed by atoms with E-state index in [0.29, 0.717) is 5.52 Å². The Morgan fingerprint density at radius 2 is 2.00 bits per heavy atom. The van der Waals surface area contributed by atoms with Crippen molar-refractivity contribution >= 4 is 10.9 Å². The second-order valence-corrected chi connectivity index (χ2v) is 3.96. The maximum Gasteiger partial charge on any atom is 0.125 e. The summed E-state index contributed by atoms with van der Waals surface area (Å²) in [5, 5.41) is 5.04. The van der Waals surface area contributed by atoms with Crippen molar-refractivity contribution in [3.8, 4) is 11.1 Å². The molecule has 0 saturated carbocycles. The second kappa shape index (κ2) is 3.66. The monoisotopic (exact) mass is 227 g/mol. The molecule has 0 aliphatic carbocycles. The SMILES string of the molecule is Cn1cc(-c2cnc3cc(F)ccc3c2)cn1. The number of hydrogen-bond acceptors (Lipinski definition) is 2. The molecule has 0 atom stereocenters. The number of fused-ring (bicyclic) bond motifs is 1. The second-order valence-electron chi connectivity index (χ2n) is 3.96. The van der Waals surface area contributed by atoms with Crippen molar-refractivity contribution in [2.75, 3.05) is 0 Å². The molecule has 0 amide bonds. The van der Waals surface area contributed by atoms with Gasteiger partial charge in [0.2, 0.25) is 0 Å². The van der Waals surface area contributed by atoms with Crippen molar-refractivity contribution in [3.63, 3.8) is 0 Å². The lowest BCUT2D eigenvalue weighted by molar-refractivity contribution is 0.629. The first-order valence-corrected chi connectivity index (χ1v) is 5.27. The number of benzene rings is 1. The van der Waals surface area contributed by atoms with Gasteiger partial charge < -0.3 is 0 Å². The van der Waals surface area contributed by atoms with Crippen molar-refractivity contribution in [1.82, 2.24) is 14.8 Å². The Hall–Kier alpha value is -2.23. The first kappa shape index (κ1) is 9.96. The fourth-order valence-electron chi connectivity index (χ4n) is 1.82. The minimum absolute atomic E-state index is 0.265. The molecule has 0 radical (unpaired) electrons. The van der Waals surface area contributed by atoms with Crippen LogP contribution >= 0.6 is 0 Å². The third kappa shape index (κ3) is 1.78. The standard InChI is InChI=1S/C13H10FN3/c1-17-8-11(7-16-17)10-4-9-2-3-12(14)5-13(9)15-6-10/h2-8H,1H3. The molecule has 3 aromatic rings. The molecule has 2 aromatic heterocycles. The van der Waals surface area contributed by atoms with Crippen LogP contribution in [0.5, 0.6) is 0 Å². The van der Waals surface area contributed by atoms with Crippen LogP contribution in [0.3, 0.4) is 0 Å². The van der Waals surface area contributed by atoms with Crippen LogP contribution in [0.25, 0.3) is 22.0 Å². The van der Waals surface area contributed by atoms with Crippen LogP contribution in [0.15, 0.2) is 42.9 Å². The molecule has 0 unspecified atom stereocenters. The average Bonchev–Trinajstić information content (AvgIpc) is 2.75. The number of aryl methyl sites for hydroxylation is 1.